The fraction of sp³-hybridized carbons (Fsp3) is 0.529. The highest BCUT2D eigenvalue weighted by Gasteiger charge is 2.36. The second kappa shape index (κ2) is 22.9. The minimum absolute atomic E-state index is 0.0149. The Kier molecular flexibility index (Phi) is 9.38. The Bertz CT molecular complexity index is 3970. The Morgan fingerprint density at radius 3 is 1.43 bits per heavy atom. The standard InChI is InChI=1S/3C17H22N6O/c3*1-11-5-6-23(15(24)8-18-3)9-14(11)22(4)17-13-7-12(2)21-16(13)19-10-20-17/h3*7,10-11,14H,5-6,8-9H2,1-2,4H3,(H,19,20,21)/t3*11-,14+/m111/s1/i1D3,4D3,7D,14D;1D3,4D3,7D,11D;1D3,4D3,7D. The summed E-state index contributed by atoms with van der Waals surface area (Å²) in [6.07, 6.45) is 2.89. The number of carbonyl (C=O) groups excluding carboxylic acids is 3. The molecule has 3 aliphatic heterocycles. The lowest BCUT2D eigenvalue weighted by Crippen LogP contribution is -2.53. The van der Waals surface area contributed by atoms with E-state index in [1.54, 1.807) is 20.8 Å². The molecular weight excluding hydrogens is 913 g/mol. The maximum atomic E-state index is 12.4. The molecule has 3 amide bonds. The van der Waals surface area contributed by atoms with Gasteiger partial charge in [-0.1, -0.05) is 20.6 Å². The molecule has 6 aromatic heterocycles. The van der Waals surface area contributed by atoms with Crippen molar-refractivity contribution < 1.29 is 45.9 Å². The second-order valence-electron chi connectivity index (χ2n) is 17.0. The Hall–Kier alpha value is -7.86. The van der Waals surface area contributed by atoms with Crippen LogP contribution in [0.25, 0.3) is 47.6 Å². The predicted molar refractivity (Wildman–Crippen MR) is 278 cm³/mol. The van der Waals surface area contributed by atoms with Crippen LogP contribution in [-0.4, -0.2) is 175 Å². The van der Waals surface area contributed by atoms with Crippen LogP contribution in [0.5, 0.6) is 0 Å². The first kappa shape index (κ1) is 29.5. The van der Waals surface area contributed by atoms with E-state index in [9.17, 15) is 15.8 Å². The van der Waals surface area contributed by atoms with E-state index in [1.807, 2.05) is 0 Å². The number of aromatic nitrogens is 9. The SMILES string of the molecule is [2H]c1c(C)[nH]c2ncnc(N(C([2H])([2H])[2H])[C@@]3([2H])CN(C(=O)C[N+]#[C-])CC[C@H]3C([2H])([2H])[2H])c12.[2H]c1c(C)[nH]c2ncnc(N([C@H]3CN(C(=O)C[N+]#[C-])CC[C@@]3([2H])C([2H])([2H])[2H])C([2H])([2H])[2H])c12.[2H]c1c(C)[nH]c2ncnc(N([C@H]3CN(C(=O)C[N+]#[C-])CC[C@H]3C([2H])([2H])[2H])C([2H])([2H])[2H])c12. The number of aryl methyl sites for hydroxylation is 3. The van der Waals surface area contributed by atoms with E-state index in [1.165, 1.54) is 9.80 Å². The minimum atomic E-state index is -3.03. The molecule has 3 N–H and O–H groups in total. The van der Waals surface area contributed by atoms with E-state index in [2.05, 4.69) is 59.4 Å². The summed E-state index contributed by atoms with van der Waals surface area (Å²) in [7, 11) is 0. The summed E-state index contributed by atoms with van der Waals surface area (Å²) >= 11 is 0. The molecule has 3 aliphatic rings. The van der Waals surface area contributed by atoms with Gasteiger partial charge in [-0.25, -0.2) is 49.6 Å². The molecular formula is C51H66N18O3. The highest BCUT2D eigenvalue weighted by atomic mass is 16.2. The number of amides is 3. The highest BCUT2D eigenvalue weighted by molar-refractivity contribution is 5.90. The molecule has 3 fully saturated rings. The average molecular weight is 1000 g/mol. The summed E-state index contributed by atoms with van der Waals surface area (Å²) in [5.41, 5.74) is 1.93. The van der Waals surface area contributed by atoms with Crippen molar-refractivity contribution in [2.24, 2.45) is 17.7 Å². The fourth-order valence-electron chi connectivity index (χ4n) is 8.42. The number of hydrogen-bond donors (Lipinski definition) is 3. The molecule has 72 heavy (non-hydrogen) atoms. The van der Waals surface area contributed by atoms with Crippen molar-refractivity contribution >= 4 is 68.3 Å². The van der Waals surface area contributed by atoms with Gasteiger partial charge >= 0.3 is 17.7 Å². The van der Waals surface area contributed by atoms with Gasteiger partial charge in [0.1, 0.15) is 53.4 Å². The normalized spacial score (nSPS) is 28.6. The van der Waals surface area contributed by atoms with Crippen LogP contribution in [0.1, 0.15) is 88.4 Å². The quantitative estimate of drug-likeness (QED) is 0.152. The lowest BCUT2D eigenvalue weighted by Gasteiger charge is -2.41. The van der Waals surface area contributed by atoms with E-state index in [0.717, 1.165) is 33.7 Å². The largest absolute Gasteiger partial charge is 0.354 e. The molecule has 378 valence electrons. The fourth-order valence-corrected chi connectivity index (χ4v) is 8.42. The molecule has 0 unspecified atom stereocenters. The molecule has 9 rings (SSSR count). The molecule has 0 aliphatic carbocycles. The van der Waals surface area contributed by atoms with Crippen LogP contribution in [0.4, 0.5) is 17.5 Å². The van der Waals surface area contributed by atoms with Crippen molar-refractivity contribution in [2.45, 2.75) is 78.7 Å². The number of likely N-dealkylation sites (N-methyl/N-ethyl adjacent to an activating group) is 3. The van der Waals surface area contributed by atoms with Gasteiger partial charge in [-0.2, -0.15) is 0 Å². The van der Waals surface area contributed by atoms with Crippen LogP contribution in [0.3, 0.4) is 0 Å². The Morgan fingerprint density at radius 1 is 0.597 bits per heavy atom. The van der Waals surface area contributed by atoms with Gasteiger partial charge in [0.2, 0.25) is 0 Å². The summed E-state index contributed by atoms with van der Waals surface area (Å²) in [4.78, 5) is 85.2. The van der Waals surface area contributed by atoms with Gasteiger partial charge in [-0.15, -0.1) is 0 Å². The maximum absolute atomic E-state index is 12.4. The van der Waals surface area contributed by atoms with Crippen LogP contribution >= 0.6 is 0 Å². The number of fused-ring (bicyclic) bond motifs is 3. The lowest BCUT2D eigenvalue weighted by molar-refractivity contribution is -0.131. The minimum Gasteiger partial charge on any atom is -0.354 e. The topological polar surface area (TPSA) is 208 Å². The van der Waals surface area contributed by atoms with E-state index in [0.29, 0.717) is 22.0 Å². The zero-order chi connectivity index (χ0) is 71.3. The molecule has 0 saturated carbocycles. The van der Waals surface area contributed by atoms with Crippen LogP contribution in [0.2, 0.25) is 0 Å². The number of hydrogen-bond acceptors (Lipinski definition) is 12. The summed E-state index contributed by atoms with van der Waals surface area (Å²) in [6.45, 7) is 6.30. The molecule has 9 heterocycles. The van der Waals surface area contributed by atoms with Crippen LogP contribution in [0, 0.1) is 58.2 Å². The lowest BCUT2D eigenvalue weighted by atomic mass is 9.92. The number of piperidine rings is 3. The number of nitrogens with one attached hydrogen (secondary N) is 3. The van der Waals surface area contributed by atoms with Gasteiger partial charge in [0.15, 0.2) is 0 Å². The zero-order valence-electron chi connectivity index (χ0n) is 62.5. The number of likely N-dealkylation sites (tertiary alicyclic amines) is 3. The van der Waals surface area contributed by atoms with Crippen LogP contribution in [-0.2, 0) is 14.4 Å². The van der Waals surface area contributed by atoms with Gasteiger partial charge in [0.05, 0.1) is 39.7 Å². The molecule has 0 radical (unpaired) electrons. The van der Waals surface area contributed by atoms with Gasteiger partial charge in [-0.05, 0) is 75.9 Å². The Balaban J connectivity index is 0.000000201. The number of aromatic amines is 3. The molecule has 0 bridgehead atoms. The molecule has 21 heteroatoms. The Morgan fingerprint density at radius 2 is 1.00 bits per heavy atom. The molecule has 21 nitrogen and oxygen atoms in total. The first-order chi connectivity index (χ1) is 43.8. The third-order valence-electron chi connectivity index (χ3n) is 12.1. The van der Waals surface area contributed by atoms with Gasteiger partial charge in [0, 0.05) is 103 Å². The van der Waals surface area contributed by atoms with E-state index in [4.69, 9.17) is 49.9 Å². The molecule has 0 aromatic carbocycles. The van der Waals surface area contributed by atoms with Gasteiger partial charge in [0.25, 0.3) is 19.6 Å². The first-order valence-electron chi connectivity index (χ1n) is 33.9. The number of H-pyrrole nitrogens is 3. The first-order valence-corrected chi connectivity index (χ1v) is 22.4. The number of anilines is 3. The van der Waals surface area contributed by atoms with Crippen molar-refractivity contribution in [1.82, 2.24) is 59.6 Å². The second-order valence-corrected chi connectivity index (χ2v) is 17.0. The highest BCUT2D eigenvalue weighted by Crippen LogP contribution is 2.32. The summed E-state index contributed by atoms with van der Waals surface area (Å²) in [5.74, 6) is -6.99. The Labute approximate surface area is 453 Å². The number of rotatable bonds is 9. The maximum Gasteiger partial charge on any atom is 0.302 e. The van der Waals surface area contributed by atoms with Gasteiger partial charge < -0.3 is 58.9 Å². The van der Waals surface area contributed by atoms with Crippen molar-refractivity contribution in [3.63, 3.8) is 0 Å². The number of carbonyl (C=O) groups is 3. The number of nitrogens with zero attached hydrogens (tertiary/aromatic N) is 15. The van der Waals surface area contributed by atoms with E-state index < -0.39 is 128 Å². The van der Waals surface area contributed by atoms with Crippen LogP contribution in [0.15, 0.2) is 37.1 Å². The smallest absolute Gasteiger partial charge is 0.302 e. The molecule has 6 atom stereocenters. The van der Waals surface area contributed by atoms with E-state index in [-0.39, 0.29) is 114 Å². The third kappa shape index (κ3) is 11.5. The average Bonchev–Trinajstić information content (AvgIpc) is 1.61. The van der Waals surface area contributed by atoms with Gasteiger partial charge in [-0.3, -0.25) is 14.4 Å². The van der Waals surface area contributed by atoms with Crippen molar-refractivity contribution in [3.8, 4) is 0 Å². The predicted octanol–water partition coefficient (Wildman–Crippen LogP) is 5.58. The third-order valence-corrected chi connectivity index (χ3v) is 12.1. The van der Waals surface area contributed by atoms with Crippen LogP contribution < -0.4 is 14.7 Å². The summed E-state index contributed by atoms with van der Waals surface area (Å²) < 4.78 is 188. The molecule has 3 saturated heterocycles. The molecule has 0 spiro atoms. The van der Waals surface area contributed by atoms with Crippen molar-refractivity contribution in [2.75, 3.05) is 94.5 Å². The van der Waals surface area contributed by atoms with E-state index >= 15 is 0 Å². The summed E-state index contributed by atoms with van der Waals surface area (Å²) in [5, 5.41) is 0.297. The molecule has 6 aromatic rings. The van der Waals surface area contributed by atoms with Crippen molar-refractivity contribution in [1.29, 1.82) is 0 Å². The zero-order valence-corrected chi connectivity index (χ0v) is 39.5. The monoisotopic (exact) mass is 1000 g/mol. The van der Waals surface area contributed by atoms with Crippen molar-refractivity contribution in [3.05, 3.63) is 88.4 Å². The summed E-state index contributed by atoms with van der Waals surface area (Å²) in [6, 6.07) is -5.09.